The first kappa shape index (κ1) is 29.8. The second kappa shape index (κ2) is 9.15. The van der Waals surface area contributed by atoms with E-state index in [0.717, 1.165) is 57.8 Å². The van der Waals surface area contributed by atoms with Gasteiger partial charge in [-0.3, -0.25) is 14.4 Å². The Morgan fingerprint density at radius 2 is 1.62 bits per heavy atom. The molecular formula is C34H54N2O4. The second-order valence-electron chi connectivity index (χ2n) is 16.4. The van der Waals surface area contributed by atoms with Gasteiger partial charge in [-0.05, 0) is 103 Å². The Kier molecular flexibility index (Phi) is 6.82. The monoisotopic (exact) mass is 554 g/mol. The largest absolute Gasteiger partial charge is 0.369 e. The summed E-state index contributed by atoms with van der Waals surface area (Å²) >= 11 is 0. The third-order valence-electron chi connectivity index (χ3n) is 14.2. The standard InChI is InChI=1S/C34H54N2O4/c1-20(37)36-27(40-9)21-10-12-32(6)25(29(21,2)3)11-13-34(8)26(32)24(38)18-22-23-19-31(5,28(35)39)15-14-30(23,4)16-17-33(22,34)7/h18,21,23,25-27H,10-17,19H2,1-9H3,(H2,35,39)(H,36,37)/t21-,23+,25?,26+,27?,30+,31-,32-,33+,34+/m0/s1. The molecule has 0 spiro atoms. The molecule has 4 fully saturated rings. The number of rotatable bonds is 4. The van der Waals surface area contributed by atoms with Crippen LogP contribution in [0.15, 0.2) is 11.6 Å². The first-order valence-electron chi connectivity index (χ1n) is 15.8. The molecule has 0 aromatic heterocycles. The molecule has 0 heterocycles. The Balaban J connectivity index is 1.55. The van der Waals surface area contributed by atoms with Gasteiger partial charge in [0.05, 0.1) is 0 Å². The molecule has 6 nitrogen and oxygen atoms in total. The Labute approximate surface area is 242 Å². The highest BCUT2D eigenvalue weighted by Crippen LogP contribution is 2.75. The normalized spacial score (nSPS) is 48.4. The number of carbonyl (C=O) groups is 3. The molecule has 5 aliphatic rings. The summed E-state index contributed by atoms with van der Waals surface area (Å²) < 4.78 is 5.84. The van der Waals surface area contributed by atoms with Gasteiger partial charge in [0.1, 0.15) is 6.23 Å². The molecule has 6 heteroatoms. The van der Waals surface area contributed by atoms with Crippen molar-refractivity contribution in [3.63, 3.8) is 0 Å². The van der Waals surface area contributed by atoms with Crippen molar-refractivity contribution in [2.24, 2.45) is 61.9 Å². The molecule has 0 aromatic rings. The summed E-state index contributed by atoms with van der Waals surface area (Å²) in [5.41, 5.74) is 6.44. The predicted octanol–water partition coefficient (Wildman–Crippen LogP) is 6.18. The van der Waals surface area contributed by atoms with Crippen LogP contribution in [0.4, 0.5) is 0 Å². The van der Waals surface area contributed by atoms with Gasteiger partial charge in [0, 0.05) is 31.3 Å². The number of hydrogen-bond donors (Lipinski definition) is 2. The molecule has 0 bridgehead atoms. The van der Waals surface area contributed by atoms with Crippen LogP contribution in [0.1, 0.15) is 113 Å². The van der Waals surface area contributed by atoms with E-state index in [0.29, 0.717) is 11.7 Å². The highest BCUT2D eigenvalue weighted by molar-refractivity contribution is 5.95. The van der Waals surface area contributed by atoms with Crippen LogP contribution in [0.25, 0.3) is 0 Å². The van der Waals surface area contributed by atoms with Crippen molar-refractivity contribution in [2.75, 3.05) is 7.11 Å². The molecule has 0 aliphatic heterocycles. The third-order valence-corrected chi connectivity index (χ3v) is 14.2. The zero-order chi connectivity index (χ0) is 29.7. The smallest absolute Gasteiger partial charge is 0.223 e. The number of amides is 2. The van der Waals surface area contributed by atoms with Gasteiger partial charge in [0.15, 0.2) is 5.78 Å². The number of allylic oxidation sites excluding steroid dienone is 2. The number of primary amides is 1. The van der Waals surface area contributed by atoms with Crippen LogP contribution in [0, 0.1) is 56.2 Å². The molecule has 40 heavy (non-hydrogen) atoms. The van der Waals surface area contributed by atoms with Crippen molar-refractivity contribution in [2.45, 2.75) is 119 Å². The summed E-state index contributed by atoms with van der Waals surface area (Å²) in [5.74, 6) is 0.758. The number of ether oxygens (including phenoxy) is 1. The summed E-state index contributed by atoms with van der Waals surface area (Å²) in [6, 6.07) is 0. The molecule has 0 saturated heterocycles. The van der Waals surface area contributed by atoms with Crippen molar-refractivity contribution >= 4 is 17.6 Å². The van der Waals surface area contributed by atoms with Crippen LogP contribution in [-0.2, 0) is 19.1 Å². The minimum atomic E-state index is -0.512. The zero-order valence-electron chi connectivity index (χ0n) is 26.5. The fourth-order valence-electron chi connectivity index (χ4n) is 11.5. The van der Waals surface area contributed by atoms with Gasteiger partial charge in [0.25, 0.3) is 0 Å². The highest BCUT2D eigenvalue weighted by Gasteiger charge is 2.70. The molecule has 2 amide bonds. The predicted molar refractivity (Wildman–Crippen MR) is 157 cm³/mol. The molecule has 5 rings (SSSR count). The number of fused-ring (bicyclic) bond motifs is 7. The second-order valence-corrected chi connectivity index (χ2v) is 16.4. The van der Waals surface area contributed by atoms with Crippen LogP contribution >= 0.6 is 0 Å². The number of nitrogens with two attached hydrogens (primary N) is 1. The first-order valence-corrected chi connectivity index (χ1v) is 15.8. The molecule has 5 aliphatic carbocycles. The van der Waals surface area contributed by atoms with Crippen molar-refractivity contribution in [3.8, 4) is 0 Å². The maximum Gasteiger partial charge on any atom is 0.223 e. The van der Waals surface area contributed by atoms with Gasteiger partial charge in [-0.25, -0.2) is 0 Å². The van der Waals surface area contributed by atoms with E-state index in [-0.39, 0.29) is 62.9 Å². The summed E-state index contributed by atoms with van der Waals surface area (Å²) in [7, 11) is 1.69. The SMILES string of the molecule is COC(NC(C)=O)[C@@H]1CC[C@@]2(C)C(CC[C@]3(C)[C@@H]2C(=O)C=C2[C@H]4C[C@@](C)(C(N)=O)CC[C@]4(C)CC[C@]23C)C1(C)C. The van der Waals surface area contributed by atoms with E-state index in [9.17, 15) is 14.4 Å². The fraction of sp³-hybridized carbons (Fsp3) is 0.853. The van der Waals surface area contributed by atoms with E-state index < -0.39 is 5.41 Å². The average molecular weight is 555 g/mol. The summed E-state index contributed by atoms with van der Waals surface area (Å²) in [6.45, 7) is 17.9. The number of methoxy groups -OCH3 is 1. The van der Waals surface area contributed by atoms with E-state index in [1.165, 1.54) is 5.57 Å². The third kappa shape index (κ3) is 3.86. The summed E-state index contributed by atoms with van der Waals surface area (Å²) in [6.07, 6.45) is 10.5. The van der Waals surface area contributed by atoms with Crippen LogP contribution in [0.5, 0.6) is 0 Å². The van der Waals surface area contributed by atoms with Crippen LogP contribution < -0.4 is 11.1 Å². The molecular weight excluding hydrogens is 500 g/mol. The lowest BCUT2D eigenvalue weighted by molar-refractivity contribution is -0.204. The van der Waals surface area contributed by atoms with E-state index in [1.54, 1.807) is 14.0 Å². The number of hydrogen-bond acceptors (Lipinski definition) is 4. The van der Waals surface area contributed by atoms with Crippen molar-refractivity contribution in [3.05, 3.63) is 11.6 Å². The van der Waals surface area contributed by atoms with E-state index in [1.807, 2.05) is 6.92 Å². The minimum Gasteiger partial charge on any atom is -0.369 e. The van der Waals surface area contributed by atoms with Crippen molar-refractivity contribution < 1.29 is 19.1 Å². The maximum atomic E-state index is 14.5. The van der Waals surface area contributed by atoms with E-state index >= 15 is 0 Å². The van der Waals surface area contributed by atoms with Crippen molar-refractivity contribution in [1.29, 1.82) is 0 Å². The summed E-state index contributed by atoms with van der Waals surface area (Å²) in [4.78, 5) is 39.1. The van der Waals surface area contributed by atoms with E-state index in [4.69, 9.17) is 10.5 Å². The van der Waals surface area contributed by atoms with Gasteiger partial charge < -0.3 is 15.8 Å². The van der Waals surface area contributed by atoms with Crippen LogP contribution in [-0.4, -0.2) is 30.9 Å². The average Bonchev–Trinajstić information content (AvgIpc) is 2.84. The Hall–Kier alpha value is -1.69. The Morgan fingerprint density at radius 3 is 2.23 bits per heavy atom. The molecule has 4 saturated carbocycles. The Morgan fingerprint density at radius 1 is 0.975 bits per heavy atom. The molecule has 2 unspecified atom stereocenters. The fourth-order valence-corrected chi connectivity index (χ4v) is 11.5. The van der Waals surface area contributed by atoms with Gasteiger partial charge in [-0.1, -0.05) is 54.0 Å². The molecule has 0 aromatic carbocycles. The lowest BCUT2D eigenvalue weighted by atomic mass is 9.33. The molecule has 0 radical (unpaired) electrons. The van der Waals surface area contributed by atoms with Crippen LogP contribution in [0.3, 0.4) is 0 Å². The number of ketones is 1. The van der Waals surface area contributed by atoms with E-state index in [2.05, 4.69) is 52.9 Å². The lowest BCUT2D eigenvalue weighted by Crippen LogP contribution is -2.67. The zero-order valence-corrected chi connectivity index (χ0v) is 26.5. The van der Waals surface area contributed by atoms with Crippen LogP contribution in [0.2, 0.25) is 0 Å². The molecule has 224 valence electrons. The lowest BCUT2D eigenvalue weighted by Gasteiger charge is -2.71. The topological polar surface area (TPSA) is 98.5 Å². The minimum absolute atomic E-state index is 0.0371. The Bertz CT molecular complexity index is 1140. The molecule has 10 atom stereocenters. The number of carbonyl (C=O) groups excluding carboxylic acids is 3. The first-order chi connectivity index (χ1) is 18.4. The van der Waals surface area contributed by atoms with Gasteiger partial charge in [-0.2, -0.15) is 0 Å². The van der Waals surface area contributed by atoms with Gasteiger partial charge in [-0.15, -0.1) is 0 Å². The van der Waals surface area contributed by atoms with Crippen molar-refractivity contribution in [1.82, 2.24) is 5.32 Å². The molecule has 3 N–H and O–H groups in total. The van der Waals surface area contributed by atoms with Gasteiger partial charge in [0.2, 0.25) is 11.8 Å². The summed E-state index contributed by atoms with van der Waals surface area (Å²) in [5, 5.41) is 3.05. The maximum absolute atomic E-state index is 14.5. The number of nitrogens with one attached hydrogen (secondary N) is 1. The quantitative estimate of drug-likeness (QED) is 0.406. The highest BCUT2D eigenvalue weighted by atomic mass is 16.5. The van der Waals surface area contributed by atoms with Gasteiger partial charge >= 0.3 is 0 Å².